The summed E-state index contributed by atoms with van der Waals surface area (Å²) < 4.78 is 0. The van der Waals surface area contributed by atoms with Crippen LogP contribution in [0.25, 0.3) is 0 Å². The van der Waals surface area contributed by atoms with Crippen molar-refractivity contribution in [1.29, 1.82) is 0 Å². The number of benzene rings is 2. The zero-order valence-electron chi connectivity index (χ0n) is 10.7. The van der Waals surface area contributed by atoms with Crippen LogP contribution >= 0.6 is 0 Å². The quantitative estimate of drug-likeness (QED) is 0.831. The molecule has 0 aromatic heterocycles. The molecule has 0 fully saturated rings. The van der Waals surface area contributed by atoms with Crippen molar-refractivity contribution < 1.29 is 0 Å². The van der Waals surface area contributed by atoms with Crippen molar-refractivity contribution in [3.63, 3.8) is 0 Å². The van der Waals surface area contributed by atoms with Crippen LogP contribution in [0.1, 0.15) is 29.2 Å². The number of nitrogens with two attached hydrogens (primary N) is 1. The molecule has 88 valence electrons. The fourth-order valence-electron chi connectivity index (χ4n) is 2.34. The predicted octanol–water partition coefficient (Wildman–Crippen LogP) is 3.53. The van der Waals surface area contributed by atoms with Crippen molar-refractivity contribution in [3.05, 3.63) is 70.8 Å². The molecule has 0 aliphatic carbocycles. The lowest BCUT2D eigenvalue weighted by Crippen LogP contribution is -2.35. The SMILES string of the molecule is Cc1ccc(C(C)(N)c2ccccc2)c(C)c1. The van der Waals surface area contributed by atoms with E-state index in [-0.39, 0.29) is 0 Å². The molecule has 0 spiro atoms. The summed E-state index contributed by atoms with van der Waals surface area (Å²) in [5, 5.41) is 0. The van der Waals surface area contributed by atoms with Gasteiger partial charge in [0, 0.05) is 0 Å². The van der Waals surface area contributed by atoms with Crippen LogP contribution in [0.3, 0.4) is 0 Å². The molecule has 17 heavy (non-hydrogen) atoms. The molecule has 0 bridgehead atoms. The Hall–Kier alpha value is -1.60. The van der Waals surface area contributed by atoms with Gasteiger partial charge in [0.15, 0.2) is 0 Å². The molecule has 2 rings (SSSR count). The highest BCUT2D eigenvalue weighted by atomic mass is 14.7. The van der Waals surface area contributed by atoms with Gasteiger partial charge in [-0.15, -0.1) is 0 Å². The third-order valence-electron chi connectivity index (χ3n) is 3.31. The third kappa shape index (κ3) is 2.25. The minimum atomic E-state index is -0.432. The third-order valence-corrected chi connectivity index (χ3v) is 3.31. The summed E-state index contributed by atoms with van der Waals surface area (Å²) in [5.74, 6) is 0. The molecule has 0 aliphatic rings. The molecular weight excluding hydrogens is 206 g/mol. The topological polar surface area (TPSA) is 26.0 Å². The highest BCUT2D eigenvalue weighted by molar-refractivity contribution is 5.42. The molecule has 0 amide bonds. The molecule has 1 atom stereocenters. The maximum atomic E-state index is 6.51. The molecule has 2 N–H and O–H groups in total. The van der Waals surface area contributed by atoms with Gasteiger partial charge >= 0.3 is 0 Å². The van der Waals surface area contributed by atoms with Gasteiger partial charge in [-0.1, -0.05) is 54.1 Å². The molecular formula is C16H19N. The molecule has 0 saturated carbocycles. The van der Waals surface area contributed by atoms with Gasteiger partial charge in [-0.25, -0.2) is 0 Å². The molecule has 0 aliphatic heterocycles. The Balaban J connectivity index is 2.52. The first-order chi connectivity index (χ1) is 8.01. The Labute approximate surface area is 103 Å². The van der Waals surface area contributed by atoms with Crippen molar-refractivity contribution in [1.82, 2.24) is 0 Å². The Morgan fingerprint density at radius 2 is 1.59 bits per heavy atom. The van der Waals surface area contributed by atoms with E-state index in [1.807, 2.05) is 18.2 Å². The van der Waals surface area contributed by atoms with Gasteiger partial charge in [0.2, 0.25) is 0 Å². The smallest absolute Gasteiger partial charge is 0.0639 e. The summed E-state index contributed by atoms with van der Waals surface area (Å²) in [4.78, 5) is 0. The molecule has 0 saturated heterocycles. The maximum absolute atomic E-state index is 6.51. The van der Waals surface area contributed by atoms with Crippen LogP contribution < -0.4 is 5.73 Å². The van der Waals surface area contributed by atoms with Crippen molar-refractivity contribution in [2.75, 3.05) is 0 Å². The van der Waals surface area contributed by atoms with E-state index in [0.717, 1.165) is 5.56 Å². The second-order valence-electron chi connectivity index (χ2n) is 4.89. The Morgan fingerprint density at radius 3 is 2.18 bits per heavy atom. The Morgan fingerprint density at radius 1 is 0.941 bits per heavy atom. The van der Waals surface area contributed by atoms with Crippen LogP contribution in [-0.2, 0) is 5.54 Å². The van der Waals surface area contributed by atoms with Crippen LogP contribution in [-0.4, -0.2) is 0 Å². The van der Waals surface area contributed by atoms with Gasteiger partial charge in [0.1, 0.15) is 0 Å². The highest BCUT2D eigenvalue weighted by Crippen LogP contribution is 2.29. The standard InChI is InChI=1S/C16H19N/c1-12-9-10-15(13(2)11-12)16(3,17)14-7-5-4-6-8-14/h4-11H,17H2,1-3H3. The van der Waals surface area contributed by atoms with Gasteiger partial charge in [-0.2, -0.15) is 0 Å². The summed E-state index contributed by atoms with van der Waals surface area (Å²) >= 11 is 0. The van der Waals surface area contributed by atoms with Gasteiger partial charge in [-0.05, 0) is 37.5 Å². The first-order valence-electron chi connectivity index (χ1n) is 5.94. The monoisotopic (exact) mass is 225 g/mol. The van der Waals surface area contributed by atoms with Crippen LogP contribution in [0.5, 0.6) is 0 Å². The van der Waals surface area contributed by atoms with Gasteiger partial charge in [0.25, 0.3) is 0 Å². The van der Waals surface area contributed by atoms with Crippen molar-refractivity contribution in [3.8, 4) is 0 Å². The largest absolute Gasteiger partial charge is 0.318 e. The zero-order valence-corrected chi connectivity index (χ0v) is 10.7. The molecule has 1 heteroatoms. The lowest BCUT2D eigenvalue weighted by Gasteiger charge is -2.28. The molecule has 1 unspecified atom stereocenters. The van der Waals surface area contributed by atoms with E-state index in [0.29, 0.717) is 0 Å². The lowest BCUT2D eigenvalue weighted by molar-refractivity contribution is 0.599. The minimum Gasteiger partial charge on any atom is -0.318 e. The fraction of sp³-hybridized carbons (Fsp3) is 0.250. The summed E-state index contributed by atoms with van der Waals surface area (Å²) in [7, 11) is 0. The van der Waals surface area contributed by atoms with Crippen molar-refractivity contribution >= 4 is 0 Å². The average Bonchev–Trinajstić information content (AvgIpc) is 2.29. The molecule has 1 nitrogen and oxygen atoms in total. The molecule has 0 radical (unpaired) electrons. The van der Waals surface area contributed by atoms with Gasteiger partial charge < -0.3 is 5.73 Å². The number of hydrogen-bond donors (Lipinski definition) is 1. The number of aryl methyl sites for hydroxylation is 2. The summed E-state index contributed by atoms with van der Waals surface area (Å²) in [6, 6.07) is 16.7. The second-order valence-corrected chi connectivity index (χ2v) is 4.89. The lowest BCUT2D eigenvalue weighted by atomic mass is 9.83. The number of rotatable bonds is 2. The fourth-order valence-corrected chi connectivity index (χ4v) is 2.34. The first-order valence-corrected chi connectivity index (χ1v) is 5.94. The van der Waals surface area contributed by atoms with E-state index >= 15 is 0 Å². The van der Waals surface area contributed by atoms with Crippen molar-refractivity contribution in [2.24, 2.45) is 5.73 Å². The molecule has 2 aromatic rings. The van der Waals surface area contributed by atoms with Gasteiger partial charge in [-0.3, -0.25) is 0 Å². The van der Waals surface area contributed by atoms with Crippen LogP contribution in [0.15, 0.2) is 48.5 Å². The highest BCUT2D eigenvalue weighted by Gasteiger charge is 2.24. The predicted molar refractivity (Wildman–Crippen MR) is 73.0 cm³/mol. The summed E-state index contributed by atoms with van der Waals surface area (Å²) in [6.07, 6.45) is 0. The number of hydrogen-bond acceptors (Lipinski definition) is 1. The molecule has 0 heterocycles. The first kappa shape index (κ1) is 11.9. The van der Waals surface area contributed by atoms with E-state index < -0.39 is 5.54 Å². The average molecular weight is 225 g/mol. The molecule has 2 aromatic carbocycles. The Kier molecular flexibility index (Phi) is 3.03. The normalized spacial score (nSPS) is 14.4. The van der Waals surface area contributed by atoms with E-state index in [2.05, 4.69) is 51.1 Å². The van der Waals surface area contributed by atoms with E-state index in [4.69, 9.17) is 5.73 Å². The van der Waals surface area contributed by atoms with Crippen LogP contribution in [0.4, 0.5) is 0 Å². The Bertz CT molecular complexity index is 512. The van der Waals surface area contributed by atoms with E-state index in [1.165, 1.54) is 16.7 Å². The summed E-state index contributed by atoms with van der Waals surface area (Å²) in [6.45, 7) is 6.30. The van der Waals surface area contributed by atoms with Crippen LogP contribution in [0, 0.1) is 13.8 Å². The van der Waals surface area contributed by atoms with E-state index in [9.17, 15) is 0 Å². The zero-order chi connectivity index (χ0) is 12.5. The minimum absolute atomic E-state index is 0.432. The van der Waals surface area contributed by atoms with Gasteiger partial charge in [0.05, 0.1) is 5.54 Å². The van der Waals surface area contributed by atoms with Crippen LogP contribution in [0.2, 0.25) is 0 Å². The van der Waals surface area contributed by atoms with E-state index in [1.54, 1.807) is 0 Å². The maximum Gasteiger partial charge on any atom is 0.0639 e. The van der Waals surface area contributed by atoms with Crippen molar-refractivity contribution in [2.45, 2.75) is 26.3 Å². The second kappa shape index (κ2) is 4.34. The summed E-state index contributed by atoms with van der Waals surface area (Å²) in [5.41, 5.74) is 10.9.